The molecule has 0 aliphatic rings. The first-order valence-electron chi connectivity index (χ1n) is 6.50. The molecule has 0 aliphatic heterocycles. The predicted octanol–water partition coefficient (Wildman–Crippen LogP) is 3.73. The third-order valence-corrected chi connectivity index (χ3v) is 3.79. The molecule has 2 aromatic carbocycles. The number of benzene rings is 2. The SMILES string of the molecule is COc1cc(SC)ccc1C(=O)NNc1c(F)c(F)cc(F)c1F. The van der Waals surface area contributed by atoms with Crippen molar-refractivity contribution >= 4 is 23.4 Å². The molecule has 4 nitrogen and oxygen atoms in total. The summed E-state index contributed by atoms with van der Waals surface area (Å²) in [6, 6.07) is 4.76. The normalized spacial score (nSPS) is 10.4. The van der Waals surface area contributed by atoms with E-state index in [0.29, 0.717) is 0 Å². The molecule has 128 valence electrons. The first-order chi connectivity index (χ1) is 11.4. The number of hydrogen-bond acceptors (Lipinski definition) is 4. The Hall–Kier alpha value is -2.42. The topological polar surface area (TPSA) is 50.4 Å². The Kier molecular flexibility index (Phi) is 5.55. The van der Waals surface area contributed by atoms with Gasteiger partial charge in [-0.1, -0.05) is 0 Å². The van der Waals surface area contributed by atoms with Crippen molar-refractivity contribution in [2.45, 2.75) is 4.90 Å². The van der Waals surface area contributed by atoms with Crippen molar-refractivity contribution in [1.82, 2.24) is 5.43 Å². The van der Waals surface area contributed by atoms with Gasteiger partial charge < -0.3 is 4.74 Å². The van der Waals surface area contributed by atoms with Crippen molar-refractivity contribution in [2.75, 3.05) is 18.8 Å². The number of nitrogens with one attached hydrogen (secondary N) is 2. The van der Waals surface area contributed by atoms with Crippen LogP contribution in [0.3, 0.4) is 0 Å². The molecule has 0 saturated carbocycles. The van der Waals surface area contributed by atoms with E-state index < -0.39 is 34.9 Å². The molecule has 0 fully saturated rings. The van der Waals surface area contributed by atoms with E-state index in [-0.39, 0.29) is 17.4 Å². The van der Waals surface area contributed by atoms with Crippen LogP contribution in [0, 0.1) is 23.3 Å². The van der Waals surface area contributed by atoms with Gasteiger partial charge in [0.25, 0.3) is 5.91 Å². The maximum atomic E-state index is 13.5. The Morgan fingerprint density at radius 3 is 2.25 bits per heavy atom. The molecule has 2 N–H and O–H groups in total. The van der Waals surface area contributed by atoms with Crippen LogP contribution in [0.5, 0.6) is 5.75 Å². The first-order valence-corrected chi connectivity index (χ1v) is 7.72. The van der Waals surface area contributed by atoms with Crippen LogP contribution >= 0.6 is 11.8 Å². The van der Waals surface area contributed by atoms with E-state index >= 15 is 0 Å². The van der Waals surface area contributed by atoms with Crippen LogP contribution < -0.4 is 15.6 Å². The van der Waals surface area contributed by atoms with Gasteiger partial charge in [0.15, 0.2) is 23.3 Å². The number of hydrazine groups is 1. The number of anilines is 1. The van der Waals surface area contributed by atoms with E-state index in [9.17, 15) is 22.4 Å². The lowest BCUT2D eigenvalue weighted by molar-refractivity contribution is 0.0959. The summed E-state index contributed by atoms with van der Waals surface area (Å²) in [6.45, 7) is 0. The number of amides is 1. The maximum Gasteiger partial charge on any atom is 0.273 e. The van der Waals surface area contributed by atoms with Crippen LogP contribution in [-0.4, -0.2) is 19.3 Å². The Labute approximate surface area is 139 Å². The zero-order valence-electron chi connectivity index (χ0n) is 12.5. The van der Waals surface area contributed by atoms with Crippen molar-refractivity contribution in [3.63, 3.8) is 0 Å². The molecule has 0 atom stereocenters. The van der Waals surface area contributed by atoms with E-state index in [1.54, 1.807) is 12.1 Å². The quantitative estimate of drug-likeness (QED) is 0.369. The van der Waals surface area contributed by atoms with Gasteiger partial charge in [-0.25, -0.2) is 17.6 Å². The minimum Gasteiger partial charge on any atom is -0.496 e. The molecule has 0 saturated heterocycles. The number of ether oxygens (including phenoxy) is 1. The summed E-state index contributed by atoms with van der Waals surface area (Å²) in [5.41, 5.74) is 2.76. The minimum atomic E-state index is -1.65. The lowest BCUT2D eigenvalue weighted by Crippen LogP contribution is -2.31. The highest BCUT2D eigenvalue weighted by Gasteiger charge is 2.20. The molecule has 0 unspecified atom stereocenters. The Balaban J connectivity index is 2.23. The molecular weight excluding hydrogens is 348 g/mol. The average molecular weight is 360 g/mol. The second-order valence-corrected chi connectivity index (χ2v) is 5.37. The van der Waals surface area contributed by atoms with Crippen LogP contribution in [0.25, 0.3) is 0 Å². The highest BCUT2D eigenvalue weighted by atomic mass is 32.2. The van der Waals surface area contributed by atoms with E-state index in [1.165, 1.54) is 24.9 Å². The van der Waals surface area contributed by atoms with Crippen molar-refractivity contribution in [3.8, 4) is 5.75 Å². The summed E-state index contributed by atoms with van der Waals surface area (Å²) in [7, 11) is 1.35. The van der Waals surface area contributed by atoms with Gasteiger partial charge in [-0.3, -0.25) is 15.6 Å². The highest BCUT2D eigenvalue weighted by Crippen LogP contribution is 2.26. The van der Waals surface area contributed by atoms with Gasteiger partial charge in [-0.15, -0.1) is 11.8 Å². The van der Waals surface area contributed by atoms with E-state index in [2.05, 4.69) is 0 Å². The van der Waals surface area contributed by atoms with Crippen molar-refractivity contribution < 1.29 is 27.1 Å². The fourth-order valence-electron chi connectivity index (χ4n) is 1.86. The third-order valence-electron chi connectivity index (χ3n) is 3.07. The summed E-state index contributed by atoms with van der Waals surface area (Å²) < 4.78 is 58.3. The monoisotopic (exact) mass is 360 g/mol. The minimum absolute atomic E-state index is 0.0699. The molecule has 2 rings (SSSR count). The zero-order chi connectivity index (χ0) is 17.9. The number of halogens is 4. The summed E-state index contributed by atoms with van der Waals surface area (Å²) >= 11 is 1.43. The summed E-state index contributed by atoms with van der Waals surface area (Å²) in [5, 5.41) is 0. The van der Waals surface area contributed by atoms with E-state index in [1.807, 2.05) is 17.1 Å². The predicted molar refractivity (Wildman–Crippen MR) is 82.1 cm³/mol. The second kappa shape index (κ2) is 7.43. The van der Waals surface area contributed by atoms with Gasteiger partial charge in [0.1, 0.15) is 11.4 Å². The smallest absolute Gasteiger partial charge is 0.273 e. The maximum absolute atomic E-state index is 13.5. The molecule has 2 aromatic rings. The third kappa shape index (κ3) is 3.56. The molecule has 0 aliphatic carbocycles. The Bertz CT molecular complexity index is 760. The van der Waals surface area contributed by atoms with Gasteiger partial charge in [0, 0.05) is 11.0 Å². The van der Waals surface area contributed by atoms with Gasteiger partial charge in [-0.05, 0) is 24.5 Å². The Morgan fingerprint density at radius 2 is 1.71 bits per heavy atom. The van der Waals surface area contributed by atoms with Crippen LogP contribution in [0.1, 0.15) is 10.4 Å². The number of methoxy groups -OCH3 is 1. The molecule has 0 aromatic heterocycles. The molecule has 1 amide bonds. The highest BCUT2D eigenvalue weighted by molar-refractivity contribution is 7.98. The first kappa shape index (κ1) is 17.9. The van der Waals surface area contributed by atoms with Crippen LogP contribution in [0.4, 0.5) is 23.2 Å². The lowest BCUT2D eigenvalue weighted by Gasteiger charge is -2.13. The van der Waals surface area contributed by atoms with Crippen LogP contribution in [0.15, 0.2) is 29.2 Å². The number of carbonyl (C=O) groups is 1. The van der Waals surface area contributed by atoms with Gasteiger partial charge >= 0.3 is 0 Å². The van der Waals surface area contributed by atoms with Crippen molar-refractivity contribution in [2.24, 2.45) is 0 Å². The lowest BCUT2D eigenvalue weighted by atomic mass is 10.2. The summed E-state index contributed by atoms with van der Waals surface area (Å²) in [5.74, 6) is -7.06. The molecule has 0 spiro atoms. The number of hydrogen-bond donors (Lipinski definition) is 2. The molecule has 9 heteroatoms. The van der Waals surface area contributed by atoms with Gasteiger partial charge in [-0.2, -0.15) is 0 Å². The van der Waals surface area contributed by atoms with E-state index in [4.69, 9.17) is 4.74 Å². The number of thioether (sulfide) groups is 1. The summed E-state index contributed by atoms with van der Waals surface area (Å²) in [4.78, 5) is 12.9. The average Bonchev–Trinajstić information content (AvgIpc) is 2.59. The largest absolute Gasteiger partial charge is 0.496 e. The Morgan fingerprint density at radius 1 is 1.08 bits per heavy atom. The second-order valence-electron chi connectivity index (χ2n) is 4.49. The zero-order valence-corrected chi connectivity index (χ0v) is 13.4. The fraction of sp³-hybridized carbons (Fsp3) is 0.133. The van der Waals surface area contributed by atoms with Crippen LogP contribution in [-0.2, 0) is 0 Å². The molecule has 24 heavy (non-hydrogen) atoms. The van der Waals surface area contributed by atoms with E-state index in [0.717, 1.165) is 4.90 Å². The number of rotatable bonds is 5. The fourth-order valence-corrected chi connectivity index (χ4v) is 2.28. The molecule has 0 radical (unpaired) electrons. The molecule has 0 heterocycles. The number of carbonyl (C=O) groups excluding carboxylic acids is 1. The summed E-state index contributed by atoms with van der Waals surface area (Å²) in [6.07, 6.45) is 1.83. The van der Waals surface area contributed by atoms with Gasteiger partial charge in [0.05, 0.1) is 12.7 Å². The van der Waals surface area contributed by atoms with Crippen molar-refractivity contribution in [1.29, 1.82) is 0 Å². The van der Waals surface area contributed by atoms with Crippen LogP contribution in [0.2, 0.25) is 0 Å². The molecular formula is C15H12F4N2O2S. The van der Waals surface area contributed by atoms with Gasteiger partial charge in [0.2, 0.25) is 0 Å². The standard InChI is InChI=1S/C15H12F4N2O2S/c1-23-11-5-7(24-2)3-4-8(11)15(22)21-20-14-12(18)9(16)6-10(17)13(14)19/h3-6,20H,1-2H3,(H,21,22). The molecule has 0 bridgehead atoms. The van der Waals surface area contributed by atoms with Crippen molar-refractivity contribution in [3.05, 3.63) is 53.1 Å².